The minimum absolute atomic E-state index is 0.0312. The lowest BCUT2D eigenvalue weighted by Crippen LogP contribution is -2.01. The van der Waals surface area contributed by atoms with Crippen molar-refractivity contribution in [3.63, 3.8) is 0 Å². The number of nitrogens with zero attached hydrogens (tertiary/aromatic N) is 2. The molecule has 1 radical (unpaired) electrons. The Bertz CT molecular complexity index is 237. The highest BCUT2D eigenvalue weighted by molar-refractivity contribution is 5.07. The zero-order chi connectivity index (χ0) is 8.27. The predicted octanol–water partition coefficient (Wildman–Crippen LogP) is 1.94. The molecule has 3 heteroatoms. The fourth-order valence-electron chi connectivity index (χ4n) is 0.795. The highest BCUT2D eigenvalue weighted by Gasteiger charge is 2.10. The van der Waals surface area contributed by atoms with E-state index in [-0.39, 0.29) is 5.92 Å². The van der Waals surface area contributed by atoms with Gasteiger partial charge in [0.2, 0.25) is 5.95 Å². The molecule has 0 fully saturated rings. The third-order valence-corrected chi connectivity index (χ3v) is 1.61. The molecule has 2 nitrogen and oxygen atoms in total. The van der Waals surface area contributed by atoms with E-state index in [1.807, 2.05) is 20.3 Å². The molecule has 0 saturated heterocycles. The smallest absolute Gasteiger partial charge is 0.234 e. The molecule has 0 spiro atoms. The summed E-state index contributed by atoms with van der Waals surface area (Å²) in [6, 6.07) is 0. The van der Waals surface area contributed by atoms with Crippen LogP contribution < -0.4 is 0 Å². The van der Waals surface area contributed by atoms with Gasteiger partial charge >= 0.3 is 0 Å². The van der Waals surface area contributed by atoms with Crippen molar-refractivity contribution in [2.24, 2.45) is 0 Å². The Kier molecular flexibility index (Phi) is 2.52. The third-order valence-electron chi connectivity index (χ3n) is 1.61. The van der Waals surface area contributed by atoms with Crippen LogP contribution in [-0.4, -0.2) is 9.97 Å². The minimum atomic E-state index is -0.474. The van der Waals surface area contributed by atoms with Crippen LogP contribution in [-0.2, 0) is 0 Å². The van der Waals surface area contributed by atoms with Crippen LogP contribution in [0.3, 0.4) is 0 Å². The summed E-state index contributed by atoms with van der Waals surface area (Å²) in [6.07, 6.45) is 4.73. The van der Waals surface area contributed by atoms with Crippen molar-refractivity contribution in [1.82, 2.24) is 9.97 Å². The van der Waals surface area contributed by atoms with E-state index in [1.54, 1.807) is 0 Å². The molecule has 1 heterocycles. The average Bonchev–Trinajstić information content (AvgIpc) is 2.04. The van der Waals surface area contributed by atoms with E-state index < -0.39 is 5.95 Å². The Labute approximate surface area is 65.5 Å². The van der Waals surface area contributed by atoms with Crippen LogP contribution in [0.1, 0.15) is 25.5 Å². The van der Waals surface area contributed by atoms with Crippen molar-refractivity contribution in [2.75, 3.05) is 0 Å². The topological polar surface area (TPSA) is 25.8 Å². The SMILES string of the molecule is C[CH]C(C)c1nccnc1F. The molecule has 1 aromatic heterocycles. The van der Waals surface area contributed by atoms with Gasteiger partial charge in [-0.25, -0.2) is 4.98 Å². The van der Waals surface area contributed by atoms with Gasteiger partial charge in [0, 0.05) is 18.3 Å². The molecule has 1 rings (SSSR count). The summed E-state index contributed by atoms with van der Waals surface area (Å²) in [4.78, 5) is 7.38. The van der Waals surface area contributed by atoms with Gasteiger partial charge < -0.3 is 0 Å². The molecule has 1 aromatic rings. The molecule has 0 aromatic carbocycles. The molecule has 0 aliphatic rings. The number of rotatable bonds is 2. The Hall–Kier alpha value is -0.990. The molecule has 0 aliphatic heterocycles. The first kappa shape index (κ1) is 8.11. The fourth-order valence-corrected chi connectivity index (χ4v) is 0.795. The lowest BCUT2D eigenvalue weighted by atomic mass is 10.1. The zero-order valence-electron chi connectivity index (χ0n) is 6.58. The van der Waals surface area contributed by atoms with Crippen molar-refractivity contribution in [3.8, 4) is 0 Å². The second-order valence-electron chi connectivity index (χ2n) is 2.35. The maximum absolute atomic E-state index is 12.8. The summed E-state index contributed by atoms with van der Waals surface area (Å²) in [5.74, 6) is -0.443. The van der Waals surface area contributed by atoms with Gasteiger partial charge in [-0.05, 0) is 6.42 Å². The normalized spacial score (nSPS) is 13.0. The van der Waals surface area contributed by atoms with E-state index in [1.165, 1.54) is 12.4 Å². The van der Waals surface area contributed by atoms with E-state index in [0.29, 0.717) is 5.69 Å². The van der Waals surface area contributed by atoms with Crippen LogP contribution in [0.5, 0.6) is 0 Å². The molecule has 0 amide bonds. The number of halogens is 1. The van der Waals surface area contributed by atoms with E-state index in [4.69, 9.17) is 0 Å². The van der Waals surface area contributed by atoms with Gasteiger partial charge in [-0.2, -0.15) is 4.39 Å². The lowest BCUT2D eigenvalue weighted by molar-refractivity contribution is 0.546. The van der Waals surface area contributed by atoms with E-state index in [0.717, 1.165) is 0 Å². The first-order valence-corrected chi connectivity index (χ1v) is 3.51. The van der Waals surface area contributed by atoms with E-state index in [9.17, 15) is 4.39 Å². The van der Waals surface area contributed by atoms with E-state index in [2.05, 4.69) is 9.97 Å². The van der Waals surface area contributed by atoms with Gasteiger partial charge in [0.15, 0.2) is 0 Å². The van der Waals surface area contributed by atoms with E-state index >= 15 is 0 Å². The summed E-state index contributed by atoms with van der Waals surface area (Å²) in [5.41, 5.74) is 0.412. The van der Waals surface area contributed by atoms with Gasteiger partial charge in [0.25, 0.3) is 0 Å². The number of hydrogen-bond donors (Lipinski definition) is 0. The van der Waals surface area contributed by atoms with Gasteiger partial charge in [0.1, 0.15) is 0 Å². The molecular weight excluding hydrogens is 143 g/mol. The molecule has 1 atom stereocenters. The summed E-state index contributed by atoms with van der Waals surface area (Å²) >= 11 is 0. The molecule has 59 valence electrons. The largest absolute Gasteiger partial charge is 0.255 e. The van der Waals surface area contributed by atoms with Crippen LogP contribution in [0.25, 0.3) is 0 Å². The van der Waals surface area contributed by atoms with Crippen molar-refractivity contribution >= 4 is 0 Å². The van der Waals surface area contributed by atoms with Crippen LogP contribution in [0.2, 0.25) is 0 Å². The zero-order valence-corrected chi connectivity index (χ0v) is 6.58. The van der Waals surface area contributed by atoms with Crippen LogP contribution in [0.15, 0.2) is 12.4 Å². The molecule has 0 bridgehead atoms. The second kappa shape index (κ2) is 3.42. The van der Waals surface area contributed by atoms with Crippen LogP contribution in [0, 0.1) is 12.4 Å². The number of aromatic nitrogens is 2. The third kappa shape index (κ3) is 1.73. The molecule has 0 aliphatic carbocycles. The van der Waals surface area contributed by atoms with Crippen molar-refractivity contribution in [1.29, 1.82) is 0 Å². The molecular formula is C8H10FN2. The lowest BCUT2D eigenvalue weighted by Gasteiger charge is -2.05. The maximum atomic E-state index is 12.8. The Balaban J connectivity index is 2.93. The average molecular weight is 153 g/mol. The molecule has 0 saturated carbocycles. The predicted molar refractivity (Wildman–Crippen MR) is 40.4 cm³/mol. The highest BCUT2D eigenvalue weighted by atomic mass is 19.1. The monoisotopic (exact) mass is 153 g/mol. The van der Waals surface area contributed by atoms with Gasteiger partial charge in [0.05, 0.1) is 5.69 Å². The van der Waals surface area contributed by atoms with Crippen LogP contribution >= 0.6 is 0 Å². The molecule has 11 heavy (non-hydrogen) atoms. The van der Waals surface area contributed by atoms with Gasteiger partial charge in [-0.15, -0.1) is 0 Å². The fraction of sp³-hybridized carbons (Fsp3) is 0.375. The summed E-state index contributed by atoms with van der Waals surface area (Å²) in [7, 11) is 0. The Morgan fingerprint density at radius 2 is 2.09 bits per heavy atom. The van der Waals surface area contributed by atoms with Crippen LogP contribution in [0.4, 0.5) is 4.39 Å². The van der Waals surface area contributed by atoms with Crippen molar-refractivity contribution in [2.45, 2.75) is 19.8 Å². The Morgan fingerprint density at radius 1 is 1.45 bits per heavy atom. The highest BCUT2D eigenvalue weighted by Crippen LogP contribution is 2.15. The minimum Gasteiger partial charge on any atom is -0.255 e. The second-order valence-corrected chi connectivity index (χ2v) is 2.35. The standard InChI is InChI=1S/C8H10FN2/c1-3-6(2)7-8(9)11-5-4-10-7/h3-6H,1-2H3. The molecule has 1 unspecified atom stereocenters. The summed E-state index contributed by atoms with van der Waals surface area (Å²) < 4.78 is 12.8. The molecule has 0 N–H and O–H groups in total. The van der Waals surface area contributed by atoms with Gasteiger partial charge in [-0.3, -0.25) is 4.98 Å². The first-order chi connectivity index (χ1) is 5.25. The summed E-state index contributed by atoms with van der Waals surface area (Å²) in [6.45, 7) is 3.76. The maximum Gasteiger partial charge on any atom is 0.234 e. The van der Waals surface area contributed by atoms with Crippen molar-refractivity contribution in [3.05, 3.63) is 30.5 Å². The Morgan fingerprint density at radius 3 is 2.64 bits per heavy atom. The summed E-state index contributed by atoms with van der Waals surface area (Å²) in [5, 5.41) is 0. The quantitative estimate of drug-likeness (QED) is 0.648. The van der Waals surface area contributed by atoms with Gasteiger partial charge in [-0.1, -0.05) is 13.8 Å². The van der Waals surface area contributed by atoms with Crippen molar-refractivity contribution < 1.29 is 4.39 Å². The number of hydrogen-bond acceptors (Lipinski definition) is 2. The first-order valence-electron chi connectivity index (χ1n) is 3.51.